The third kappa shape index (κ3) is 9.73. The summed E-state index contributed by atoms with van der Waals surface area (Å²) < 4.78 is 5.05. The molecule has 0 aromatic heterocycles. The predicted octanol–water partition coefficient (Wildman–Crippen LogP) is 5.72. The van der Waals surface area contributed by atoms with E-state index >= 15 is 0 Å². The SMILES string of the molecule is CC(=O)Oc1ccc(C(=O)N[C@H](CN2CCN(Cc3ccc(Cl)c(Cl)c3)CC2)C(C)(C)C)cc1.Cl.Cl. The van der Waals surface area contributed by atoms with Gasteiger partial charge in [-0.3, -0.25) is 19.4 Å². The number of halogens is 4. The highest BCUT2D eigenvalue weighted by Gasteiger charge is 2.30. The number of nitrogens with one attached hydrogen (secondary N) is 1. The summed E-state index contributed by atoms with van der Waals surface area (Å²) in [7, 11) is 0. The van der Waals surface area contributed by atoms with Crippen LogP contribution in [-0.4, -0.2) is 60.4 Å². The van der Waals surface area contributed by atoms with E-state index in [1.807, 2.05) is 18.2 Å². The van der Waals surface area contributed by atoms with E-state index < -0.39 is 0 Å². The molecular formula is C26H35Cl4N3O3. The summed E-state index contributed by atoms with van der Waals surface area (Å²) in [4.78, 5) is 28.8. The van der Waals surface area contributed by atoms with Crippen molar-refractivity contribution in [3.05, 3.63) is 63.6 Å². The maximum absolute atomic E-state index is 12.9. The Morgan fingerprint density at radius 2 is 1.53 bits per heavy atom. The summed E-state index contributed by atoms with van der Waals surface area (Å²) in [6.07, 6.45) is 0. The molecule has 1 fully saturated rings. The molecule has 200 valence electrons. The van der Waals surface area contributed by atoms with E-state index in [2.05, 4.69) is 35.9 Å². The van der Waals surface area contributed by atoms with Gasteiger partial charge in [-0.2, -0.15) is 0 Å². The second-order valence-electron chi connectivity index (χ2n) is 9.84. The Hall–Kier alpha value is -1.54. The highest BCUT2D eigenvalue weighted by atomic mass is 35.5. The number of nitrogens with zero attached hydrogens (tertiary/aromatic N) is 2. The molecule has 0 bridgehead atoms. The van der Waals surface area contributed by atoms with Crippen LogP contribution in [0.1, 0.15) is 43.6 Å². The Labute approximate surface area is 236 Å². The predicted molar refractivity (Wildman–Crippen MR) is 151 cm³/mol. The smallest absolute Gasteiger partial charge is 0.308 e. The molecule has 1 atom stereocenters. The minimum Gasteiger partial charge on any atom is -0.427 e. The number of hydrogen-bond donors (Lipinski definition) is 1. The van der Waals surface area contributed by atoms with Gasteiger partial charge >= 0.3 is 5.97 Å². The maximum Gasteiger partial charge on any atom is 0.308 e. The number of benzene rings is 2. The fraction of sp³-hybridized carbons (Fsp3) is 0.462. The molecule has 0 spiro atoms. The summed E-state index contributed by atoms with van der Waals surface area (Å²) in [5, 5.41) is 4.37. The summed E-state index contributed by atoms with van der Waals surface area (Å²) in [6.45, 7) is 13.1. The van der Waals surface area contributed by atoms with Gasteiger partial charge in [0.05, 0.1) is 10.0 Å². The molecule has 1 heterocycles. The molecule has 0 saturated carbocycles. The van der Waals surface area contributed by atoms with E-state index in [0.29, 0.717) is 21.4 Å². The average molecular weight is 579 g/mol. The van der Waals surface area contributed by atoms with Gasteiger partial charge in [-0.05, 0) is 47.4 Å². The maximum atomic E-state index is 12.9. The fourth-order valence-electron chi connectivity index (χ4n) is 3.90. The van der Waals surface area contributed by atoms with Gasteiger partial charge in [0.1, 0.15) is 5.75 Å². The van der Waals surface area contributed by atoms with Crippen molar-refractivity contribution in [1.29, 1.82) is 0 Å². The van der Waals surface area contributed by atoms with Crippen LogP contribution in [-0.2, 0) is 11.3 Å². The van der Waals surface area contributed by atoms with Gasteiger partial charge < -0.3 is 10.1 Å². The Bertz CT molecular complexity index is 1000. The molecule has 1 aliphatic heterocycles. The van der Waals surface area contributed by atoms with E-state index in [9.17, 15) is 9.59 Å². The van der Waals surface area contributed by atoms with Gasteiger partial charge in [0.2, 0.25) is 0 Å². The van der Waals surface area contributed by atoms with Crippen molar-refractivity contribution in [3.8, 4) is 5.75 Å². The minimum absolute atomic E-state index is 0. The first kappa shape index (κ1) is 32.5. The molecule has 6 nitrogen and oxygen atoms in total. The van der Waals surface area contributed by atoms with Crippen molar-refractivity contribution < 1.29 is 14.3 Å². The first-order chi connectivity index (χ1) is 16.0. The molecule has 0 radical (unpaired) electrons. The first-order valence-corrected chi connectivity index (χ1v) is 12.2. The summed E-state index contributed by atoms with van der Waals surface area (Å²) in [5.74, 6) is -0.0928. The van der Waals surface area contributed by atoms with E-state index in [4.69, 9.17) is 27.9 Å². The van der Waals surface area contributed by atoms with Crippen molar-refractivity contribution in [1.82, 2.24) is 15.1 Å². The third-order valence-corrected chi connectivity index (χ3v) is 6.76. The van der Waals surface area contributed by atoms with Crippen LogP contribution in [0, 0.1) is 5.41 Å². The molecule has 10 heteroatoms. The van der Waals surface area contributed by atoms with Crippen LogP contribution in [0.4, 0.5) is 0 Å². The summed E-state index contributed by atoms with van der Waals surface area (Å²) in [5.41, 5.74) is 1.59. The molecule has 1 N–H and O–H groups in total. The largest absolute Gasteiger partial charge is 0.427 e. The van der Waals surface area contributed by atoms with Gasteiger partial charge in [-0.25, -0.2) is 0 Å². The number of hydrogen-bond acceptors (Lipinski definition) is 5. The second-order valence-corrected chi connectivity index (χ2v) is 10.6. The van der Waals surface area contributed by atoms with E-state index in [-0.39, 0.29) is 48.1 Å². The van der Waals surface area contributed by atoms with Crippen molar-refractivity contribution in [3.63, 3.8) is 0 Å². The van der Waals surface area contributed by atoms with Crippen molar-refractivity contribution in [2.75, 3.05) is 32.7 Å². The normalized spacial score (nSPS) is 15.3. The number of esters is 1. The molecular weight excluding hydrogens is 544 g/mol. The summed E-state index contributed by atoms with van der Waals surface area (Å²) >= 11 is 12.2. The average Bonchev–Trinajstić information content (AvgIpc) is 2.76. The number of rotatable bonds is 7. The van der Waals surface area contributed by atoms with Crippen LogP contribution < -0.4 is 10.1 Å². The second kappa shape index (κ2) is 14.4. The zero-order valence-corrected chi connectivity index (χ0v) is 24.2. The lowest BCUT2D eigenvalue weighted by Crippen LogP contribution is -2.54. The number of carbonyl (C=O) groups is 2. The number of carbonyl (C=O) groups excluding carboxylic acids is 2. The number of piperazine rings is 1. The van der Waals surface area contributed by atoms with Crippen LogP contribution >= 0.6 is 48.0 Å². The number of ether oxygens (including phenoxy) is 1. The first-order valence-electron chi connectivity index (χ1n) is 11.5. The lowest BCUT2D eigenvalue weighted by atomic mass is 9.86. The van der Waals surface area contributed by atoms with Gasteiger partial charge in [0.15, 0.2) is 0 Å². The molecule has 3 rings (SSSR count). The fourth-order valence-corrected chi connectivity index (χ4v) is 4.22. The summed E-state index contributed by atoms with van der Waals surface area (Å²) in [6, 6.07) is 12.4. The van der Waals surface area contributed by atoms with Crippen LogP contribution in [0.15, 0.2) is 42.5 Å². The molecule has 36 heavy (non-hydrogen) atoms. The van der Waals surface area contributed by atoms with Crippen LogP contribution in [0.25, 0.3) is 0 Å². The number of amides is 1. The zero-order valence-electron chi connectivity index (χ0n) is 21.1. The third-order valence-electron chi connectivity index (χ3n) is 6.02. The van der Waals surface area contributed by atoms with Gasteiger partial charge in [-0.1, -0.05) is 50.0 Å². The van der Waals surface area contributed by atoms with Crippen LogP contribution in [0.3, 0.4) is 0 Å². The molecule has 1 amide bonds. The molecule has 0 unspecified atom stereocenters. The molecule has 1 aliphatic rings. The highest BCUT2D eigenvalue weighted by molar-refractivity contribution is 6.42. The Kier molecular flexibility index (Phi) is 13.0. The zero-order chi connectivity index (χ0) is 24.9. The quantitative estimate of drug-likeness (QED) is 0.336. The van der Waals surface area contributed by atoms with E-state index in [1.165, 1.54) is 6.92 Å². The molecule has 0 aliphatic carbocycles. The van der Waals surface area contributed by atoms with Gasteiger partial charge in [0.25, 0.3) is 5.91 Å². The monoisotopic (exact) mass is 577 g/mol. The van der Waals surface area contributed by atoms with E-state index in [1.54, 1.807) is 24.3 Å². The van der Waals surface area contributed by atoms with Crippen LogP contribution in [0.2, 0.25) is 10.0 Å². The highest BCUT2D eigenvalue weighted by Crippen LogP contribution is 2.24. The van der Waals surface area contributed by atoms with E-state index in [0.717, 1.165) is 44.8 Å². The lowest BCUT2D eigenvalue weighted by Gasteiger charge is -2.40. The standard InChI is InChI=1S/C26H33Cl2N3O3.2ClH/c1-18(32)34-21-8-6-20(7-9-21)25(33)29-24(26(2,3)4)17-31-13-11-30(12-14-31)16-19-5-10-22(27)23(28)15-19;;/h5-10,15,24H,11-14,16-17H2,1-4H3,(H,29,33);2*1H/t24-;;/m1../s1. The molecule has 2 aromatic rings. The molecule has 2 aromatic carbocycles. The van der Waals surface area contributed by atoms with Crippen molar-refractivity contribution >= 4 is 59.9 Å². The lowest BCUT2D eigenvalue weighted by molar-refractivity contribution is -0.131. The Morgan fingerprint density at radius 3 is 2.06 bits per heavy atom. The van der Waals surface area contributed by atoms with Gasteiger partial charge in [-0.15, -0.1) is 24.8 Å². The van der Waals surface area contributed by atoms with Crippen LogP contribution in [0.5, 0.6) is 5.75 Å². The topological polar surface area (TPSA) is 61.9 Å². The van der Waals surface area contributed by atoms with Crippen molar-refractivity contribution in [2.45, 2.75) is 40.3 Å². The Balaban J connectivity index is 0.00000324. The Morgan fingerprint density at radius 1 is 0.944 bits per heavy atom. The van der Waals surface area contributed by atoms with Crippen molar-refractivity contribution in [2.24, 2.45) is 5.41 Å². The van der Waals surface area contributed by atoms with Gasteiger partial charge in [0, 0.05) is 57.8 Å². The molecule has 1 saturated heterocycles. The minimum atomic E-state index is -0.387.